The van der Waals surface area contributed by atoms with Crippen molar-refractivity contribution in [1.82, 2.24) is 4.90 Å². The van der Waals surface area contributed by atoms with Crippen LogP contribution in [0.3, 0.4) is 0 Å². The molecule has 1 aliphatic rings. The zero-order valence-corrected chi connectivity index (χ0v) is 10.3. The number of likely N-dealkylation sites (tertiary alicyclic amines) is 1. The minimum atomic E-state index is 0.159. The molecule has 2 nitrogen and oxygen atoms in total. The molecule has 1 aromatic heterocycles. The van der Waals surface area contributed by atoms with Crippen molar-refractivity contribution in [2.75, 3.05) is 13.1 Å². The summed E-state index contributed by atoms with van der Waals surface area (Å²) in [7, 11) is 0. The van der Waals surface area contributed by atoms with Crippen LogP contribution in [0.1, 0.15) is 30.9 Å². The smallest absolute Gasteiger partial charge is 0.0948 e. The molecule has 1 atom stereocenters. The molecule has 0 saturated carbocycles. The summed E-state index contributed by atoms with van der Waals surface area (Å²) in [6, 6.07) is 2.29. The van der Waals surface area contributed by atoms with E-state index in [0.717, 1.165) is 13.1 Å². The minimum Gasteiger partial charge on any atom is -0.392 e. The highest BCUT2D eigenvalue weighted by Gasteiger charge is 2.24. The van der Waals surface area contributed by atoms with Crippen LogP contribution in [-0.2, 0) is 0 Å². The van der Waals surface area contributed by atoms with Gasteiger partial charge in [-0.2, -0.15) is 11.3 Å². The monoisotopic (exact) mass is 240 g/mol. The van der Waals surface area contributed by atoms with E-state index in [2.05, 4.69) is 21.7 Å². The van der Waals surface area contributed by atoms with Crippen LogP contribution in [0.25, 0.3) is 0 Å². The third-order valence-corrected chi connectivity index (χ3v) is 3.81. The van der Waals surface area contributed by atoms with Crippen molar-refractivity contribution < 1.29 is 0 Å². The molecule has 1 fully saturated rings. The van der Waals surface area contributed by atoms with E-state index in [0.29, 0.717) is 4.99 Å². The van der Waals surface area contributed by atoms with Gasteiger partial charge in [0.2, 0.25) is 0 Å². The molecule has 1 saturated heterocycles. The van der Waals surface area contributed by atoms with Gasteiger partial charge in [-0.1, -0.05) is 18.6 Å². The molecule has 1 aliphatic heterocycles. The van der Waals surface area contributed by atoms with Crippen molar-refractivity contribution in [2.45, 2.75) is 25.3 Å². The summed E-state index contributed by atoms with van der Waals surface area (Å²) in [5.74, 6) is 0. The molecule has 0 aromatic carbocycles. The molecule has 2 rings (SSSR count). The lowest BCUT2D eigenvalue weighted by atomic mass is 10.0. The summed E-state index contributed by atoms with van der Waals surface area (Å²) in [5, 5.41) is 4.24. The van der Waals surface area contributed by atoms with E-state index in [1.54, 1.807) is 11.3 Å². The number of nitrogens with zero attached hydrogens (tertiary/aromatic N) is 1. The van der Waals surface area contributed by atoms with Crippen molar-refractivity contribution in [3.63, 3.8) is 0 Å². The van der Waals surface area contributed by atoms with Gasteiger partial charge in [0, 0.05) is 0 Å². The summed E-state index contributed by atoms with van der Waals surface area (Å²) < 4.78 is 0. The number of thiophene rings is 1. The molecular formula is C11H16N2S2. The summed E-state index contributed by atoms with van der Waals surface area (Å²) in [6.07, 6.45) is 3.87. The van der Waals surface area contributed by atoms with Gasteiger partial charge in [0.15, 0.2) is 0 Å². The van der Waals surface area contributed by atoms with Crippen LogP contribution in [0.2, 0.25) is 0 Å². The number of rotatable bonds is 3. The van der Waals surface area contributed by atoms with Crippen LogP contribution in [0.5, 0.6) is 0 Å². The van der Waals surface area contributed by atoms with E-state index in [4.69, 9.17) is 18.0 Å². The first-order valence-corrected chi connectivity index (χ1v) is 6.69. The van der Waals surface area contributed by atoms with Crippen molar-refractivity contribution >= 4 is 28.5 Å². The Morgan fingerprint density at radius 2 is 2.13 bits per heavy atom. The van der Waals surface area contributed by atoms with Crippen LogP contribution in [0.15, 0.2) is 16.8 Å². The average molecular weight is 240 g/mol. The Kier molecular flexibility index (Phi) is 3.72. The second kappa shape index (κ2) is 5.05. The molecule has 0 aliphatic carbocycles. The van der Waals surface area contributed by atoms with Gasteiger partial charge in [0.25, 0.3) is 0 Å². The summed E-state index contributed by atoms with van der Waals surface area (Å²) >= 11 is 6.89. The molecule has 82 valence electrons. The fourth-order valence-electron chi connectivity index (χ4n) is 2.16. The number of hydrogen-bond donors (Lipinski definition) is 1. The van der Waals surface area contributed by atoms with Crippen LogP contribution in [0.4, 0.5) is 0 Å². The van der Waals surface area contributed by atoms with Crippen LogP contribution >= 0.6 is 23.6 Å². The quantitative estimate of drug-likeness (QED) is 0.823. The van der Waals surface area contributed by atoms with E-state index in [1.807, 2.05) is 0 Å². The van der Waals surface area contributed by atoms with Crippen molar-refractivity contribution in [2.24, 2.45) is 5.73 Å². The standard InChI is InChI=1S/C11H16N2S2/c12-11(14)10(9-4-7-15-8-9)13-5-2-1-3-6-13/h4,7-8,10H,1-3,5-6H2,(H2,12,14). The van der Waals surface area contributed by atoms with Crippen LogP contribution in [-0.4, -0.2) is 23.0 Å². The third kappa shape index (κ3) is 2.56. The second-order valence-electron chi connectivity index (χ2n) is 3.96. The molecule has 1 unspecified atom stereocenters. The predicted octanol–water partition coefficient (Wildman–Crippen LogP) is 2.56. The molecule has 2 N–H and O–H groups in total. The maximum Gasteiger partial charge on any atom is 0.0948 e. The summed E-state index contributed by atoms with van der Waals surface area (Å²) in [5.41, 5.74) is 7.11. The van der Waals surface area contributed by atoms with E-state index in [9.17, 15) is 0 Å². The third-order valence-electron chi connectivity index (χ3n) is 2.88. The van der Waals surface area contributed by atoms with E-state index in [1.165, 1.54) is 24.8 Å². The normalized spacial score (nSPS) is 20.0. The van der Waals surface area contributed by atoms with Gasteiger partial charge in [-0.25, -0.2) is 0 Å². The highest BCUT2D eigenvalue weighted by atomic mass is 32.1. The summed E-state index contributed by atoms with van der Waals surface area (Å²) in [6.45, 7) is 2.25. The molecule has 0 bridgehead atoms. The second-order valence-corrected chi connectivity index (χ2v) is 5.21. The van der Waals surface area contributed by atoms with E-state index in [-0.39, 0.29) is 6.04 Å². The Morgan fingerprint density at radius 1 is 1.40 bits per heavy atom. The Balaban J connectivity index is 2.15. The van der Waals surface area contributed by atoms with Gasteiger partial charge in [-0.15, -0.1) is 0 Å². The molecule has 4 heteroatoms. The zero-order valence-electron chi connectivity index (χ0n) is 8.69. The highest BCUT2D eigenvalue weighted by molar-refractivity contribution is 7.80. The van der Waals surface area contributed by atoms with E-state index < -0.39 is 0 Å². The largest absolute Gasteiger partial charge is 0.392 e. The molecule has 0 amide bonds. The Labute approximate surface area is 100 Å². The maximum atomic E-state index is 5.85. The number of thiocarbonyl (C=S) groups is 1. The molecule has 2 heterocycles. The first-order valence-electron chi connectivity index (χ1n) is 5.34. The fraction of sp³-hybridized carbons (Fsp3) is 0.545. The van der Waals surface area contributed by atoms with Crippen molar-refractivity contribution in [1.29, 1.82) is 0 Å². The topological polar surface area (TPSA) is 29.3 Å². The van der Waals surface area contributed by atoms with Gasteiger partial charge < -0.3 is 5.73 Å². The van der Waals surface area contributed by atoms with E-state index >= 15 is 0 Å². The Bertz CT molecular complexity index is 315. The van der Waals surface area contributed by atoms with Gasteiger partial charge in [0.05, 0.1) is 11.0 Å². The van der Waals surface area contributed by atoms with Crippen molar-refractivity contribution in [3.8, 4) is 0 Å². The zero-order chi connectivity index (χ0) is 10.7. The lowest BCUT2D eigenvalue weighted by Crippen LogP contribution is -2.39. The van der Waals surface area contributed by atoms with Gasteiger partial charge in [-0.3, -0.25) is 4.90 Å². The van der Waals surface area contributed by atoms with Gasteiger partial charge in [-0.05, 0) is 48.3 Å². The van der Waals surface area contributed by atoms with Crippen LogP contribution in [0, 0.1) is 0 Å². The summed E-state index contributed by atoms with van der Waals surface area (Å²) in [4.78, 5) is 3.02. The molecular weight excluding hydrogens is 224 g/mol. The highest BCUT2D eigenvalue weighted by Crippen LogP contribution is 2.26. The lowest BCUT2D eigenvalue weighted by molar-refractivity contribution is 0.203. The molecule has 15 heavy (non-hydrogen) atoms. The number of hydrogen-bond acceptors (Lipinski definition) is 3. The van der Waals surface area contributed by atoms with Crippen LogP contribution < -0.4 is 5.73 Å². The maximum absolute atomic E-state index is 5.85. The number of nitrogens with two attached hydrogens (primary N) is 1. The Morgan fingerprint density at radius 3 is 2.67 bits per heavy atom. The Hall–Kier alpha value is -0.450. The predicted molar refractivity (Wildman–Crippen MR) is 69.3 cm³/mol. The van der Waals surface area contributed by atoms with Gasteiger partial charge >= 0.3 is 0 Å². The lowest BCUT2D eigenvalue weighted by Gasteiger charge is -2.33. The van der Waals surface area contributed by atoms with Gasteiger partial charge in [0.1, 0.15) is 0 Å². The first kappa shape index (κ1) is 11.0. The fourth-order valence-corrected chi connectivity index (χ4v) is 3.13. The molecule has 0 spiro atoms. The average Bonchev–Trinajstić information content (AvgIpc) is 2.72. The molecule has 0 radical (unpaired) electrons. The first-order chi connectivity index (χ1) is 7.29. The van der Waals surface area contributed by atoms with Crippen molar-refractivity contribution in [3.05, 3.63) is 22.4 Å². The molecule has 1 aromatic rings. The minimum absolute atomic E-state index is 0.159. The number of piperidine rings is 1. The SMILES string of the molecule is NC(=S)C(c1ccsc1)N1CCCCC1.